The van der Waals surface area contributed by atoms with Gasteiger partial charge in [-0.25, -0.2) is 9.18 Å². The van der Waals surface area contributed by atoms with E-state index in [2.05, 4.69) is 4.98 Å². The molecule has 1 aliphatic rings. The third-order valence-electron chi connectivity index (χ3n) is 3.67. The Hall–Kier alpha value is -1.24. The first-order valence-corrected chi connectivity index (χ1v) is 9.72. The lowest BCUT2D eigenvalue weighted by atomic mass is 10.1. The fourth-order valence-corrected chi connectivity index (χ4v) is 3.26. The highest BCUT2D eigenvalue weighted by Crippen LogP contribution is 2.40. The number of aliphatic hydroxyl groups excluding tert-OH is 1. The lowest BCUT2D eigenvalue weighted by Gasteiger charge is -2.17. The largest absolute Gasteiger partial charge is 0.387 e. The van der Waals surface area contributed by atoms with Crippen LogP contribution in [0.15, 0.2) is 15.8 Å². The molecule has 124 valence electrons. The van der Waals surface area contributed by atoms with Crippen molar-refractivity contribution >= 4 is 7.14 Å². The second kappa shape index (κ2) is 6.10. The van der Waals surface area contributed by atoms with Crippen LogP contribution in [-0.2, 0) is 9.30 Å². The topological polar surface area (TPSA) is 101 Å². The zero-order chi connectivity index (χ0) is 16.7. The minimum atomic E-state index is -2.31. The number of aliphatic hydroxyl groups is 1. The molecule has 0 saturated carbocycles. The van der Waals surface area contributed by atoms with Crippen LogP contribution < -0.4 is 11.2 Å². The fourth-order valence-electron chi connectivity index (χ4n) is 2.38. The van der Waals surface area contributed by atoms with E-state index < -0.39 is 43.0 Å². The van der Waals surface area contributed by atoms with Crippen molar-refractivity contribution in [2.75, 3.05) is 19.5 Å². The molecule has 9 heteroatoms. The average molecular weight is 334 g/mol. The average Bonchev–Trinajstić information content (AvgIpc) is 2.68. The lowest BCUT2D eigenvalue weighted by Crippen LogP contribution is -2.36. The smallest absolute Gasteiger partial charge is 0.330 e. The van der Waals surface area contributed by atoms with E-state index in [0.29, 0.717) is 6.16 Å². The highest BCUT2D eigenvalue weighted by Gasteiger charge is 2.45. The van der Waals surface area contributed by atoms with Crippen LogP contribution in [0.5, 0.6) is 0 Å². The van der Waals surface area contributed by atoms with Gasteiger partial charge in [-0.15, -0.1) is 0 Å². The zero-order valence-corrected chi connectivity index (χ0v) is 13.5. The van der Waals surface area contributed by atoms with Crippen LogP contribution in [0.4, 0.5) is 4.39 Å². The summed E-state index contributed by atoms with van der Waals surface area (Å²) in [5.74, 6) is 0. The molecule has 1 aliphatic heterocycles. The molecule has 1 aromatic rings. The summed E-state index contributed by atoms with van der Waals surface area (Å²) in [6.45, 7) is 4.69. The number of hydrogen-bond donors (Lipinski definition) is 2. The zero-order valence-electron chi connectivity index (χ0n) is 12.7. The summed E-state index contributed by atoms with van der Waals surface area (Å²) >= 11 is 0. The highest BCUT2D eigenvalue weighted by molar-refractivity contribution is 7.62. The minimum absolute atomic E-state index is 0.236. The van der Waals surface area contributed by atoms with Crippen LogP contribution in [0.3, 0.4) is 0 Å². The molecular weight excluding hydrogens is 314 g/mol. The standard InChI is InChI=1S/C13H20FN2O5P/c1-7-6-16(13(19)15-11(7)18)12-9(14)10(17)8(21-12)4-5-22(2,3)20/h6,8-10,12,17H,4-5H2,1-3H3,(H,15,18,19)/t8-,9-,10-,12-/m1/s1. The second-order valence-electron chi connectivity index (χ2n) is 6.06. The number of halogens is 1. The fraction of sp³-hybridized carbons (Fsp3) is 0.692. The van der Waals surface area contributed by atoms with Gasteiger partial charge < -0.3 is 14.4 Å². The maximum atomic E-state index is 14.3. The molecule has 0 radical (unpaired) electrons. The number of ether oxygens (including phenoxy) is 1. The van der Waals surface area contributed by atoms with E-state index in [9.17, 15) is 23.7 Å². The van der Waals surface area contributed by atoms with Gasteiger partial charge in [0, 0.05) is 17.9 Å². The number of aryl methyl sites for hydroxylation is 1. The van der Waals surface area contributed by atoms with Gasteiger partial charge in [0.1, 0.15) is 6.10 Å². The molecule has 7 nitrogen and oxygen atoms in total. The summed E-state index contributed by atoms with van der Waals surface area (Å²) in [4.78, 5) is 25.2. The number of aromatic nitrogens is 2. The molecule has 1 fully saturated rings. The van der Waals surface area contributed by atoms with Crippen LogP contribution in [-0.4, -0.2) is 52.5 Å². The van der Waals surface area contributed by atoms with Crippen LogP contribution in [0, 0.1) is 6.92 Å². The van der Waals surface area contributed by atoms with Crippen molar-refractivity contribution in [1.29, 1.82) is 0 Å². The van der Waals surface area contributed by atoms with Gasteiger partial charge in [-0.05, 0) is 26.7 Å². The molecule has 22 heavy (non-hydrogen) atoms. The molecule has 0 amide bonds. The summed E-state index contributed by atoms with van der Waals surface area (Å²) < 4.78 is 32.3. The number of H-pyrrole nitrogens is 1. The van der Waals surface area contributed by atoms with Gasteiger partial charge in [-0.1, -0.05) is 0 Å². The maximum absolute atomic E-state index is 14.3. The molecule has 2 N–H and O–H groups in total. The summed E-state index contributed by atoms with van der Waals surface area (Å²) in [5, 5.41) is 9.92. The number of aromatic amines is 1. The van der Waals surface area contributed by atoms with Crippen molar-refractivity contribution in [2.45, 2.75) is 38.0 Å². The van der Waals surface area contributed by atoms with Gasteiger partial charge in [-0.3, -0.25) is 14.3 Å². The van der Waals surface area contributed by atoms with Crippen molar-refractivity contribution in [3.8, 4) is 0 Å². The van der Waals surface area contributed by atoms with Crippen molar-refractivity contribution in [2.24, 2.45) is 0 Å². The molecule has 4 atom stereocenters. The molecule has 1 saturated heterocycles. The van der Waals surface area contributed by atoms with Gasteiger partial charge >= 0.3 is 5.69 Å². The van der Waals surface area contributed by atoms with Gasteiger partial charge in [0.15, 0.2) is 12.4 Å². The molecule has 0 aromatic carbocycles. The summed E-state index contributed by atoms with van der Waals surface area (Å²) in [6, 6.07) is 0. The van der Waals surface area contributed by atoms with Gasteiger partial charge in [0.25, 0.3) is 5.56 Å². The van der Waals surface area contributed by atoms with E-state index in [1.165, 1.54) is 13.1 Å². The molecular formula is C13H20FN2O5P. The van der Waals surface area contributed by atoms with Crippen molar-refractivity contribution in [3.63, 3.8) is 0 Å². The Morgan fingerprint density at radius 2 is 2.09 bits per heavy atom. The Morgan fingerprint density at radius 3 is 2.68 bits per heavy atom. The molecule has 0 spiro atoms. The van der Waals surface area contributed by atoms with Crippen LogP contribution >= 0.6 is 7.14 Å². The number of nitrogens with one attached hydrogen (secondary N) is 1. The lowest BCUT2D eigenvalue weighted by molar-refractivity contribution is -0.0278. The molecule has 0 bridgehead atoms. The molecule has 0 unspecified atom stereocenters. The first kappa shape index (κ1) is 17.1. The summed E-state index contributed by atoms with van der Waals surface area (Å²) in [5.41, 5.74) is -1.11. The quantitative estimate of drug-likeness (QED) is 0.779. The number of alkyl halides is 1. The molecule has 2 heterocycles. The normalized spacial score (nSPS) is 29.0. The van der Waals surface area contributed by atoms with Crippen LogP contribution in [0.1, 0.15) is 18.2 Å². The summed E-state index contributed by atoms with van der Waals surface area (Å²) in [7, 11) is -2.31. The third-order valence-corrected chi connectivity index (χ3v) is 5.00. The van der Waals surface area contributed by atoms with Crippen LogP contribution in [0.2, 0.25) is 0 Å². The van der Waals surface area contributed by atoms with Crippen LogP contribution in [0.25, 0.3) is 0 Å². The first-order valence-electron chi connectivity index (χ1n) is 6.94. The van der Waals surface area contributed by atoms with Crippen molar-refractivity contribution < 1.29 is 18.8 Å². The second-order valence-corrected chi connectivity index (χ2v) is 9.66. The predicted molar refractivity (Wildman–Crippen MR) is 79.8 cm³/mol. The number of nitrogens with zero attached hydrogens (tertiary/aromatic N) is 1. The predicted octanol–water partition coefficient (Wildman–Crippen LogP) is 0.454. The minimum Gasteiger partial charge on any atom is -0.387 e. The van der Waals surface area contributed by atoms with Gasteiger partial charge in [0.05, 0.1) is 13.2 Å². The summed E-state index contributed by atoms with van der Waals surface area (Å²) in [6.07, 6.45) is -3.61. The van der Waals surface area contributed by atoms with Crippen molar-refractivity contribution in [1.82, 2.24) is 9.55 Å². The molecule has 0 aliphatic carbocycles. The first-order chi connectivity index (χ1) is 10.1. The Morgan fingerprint density at radius 1 is 1.45 bits per heavy atom. The van der Waals surface area contributed by atoms with E-state index >= 15 is 0 Å². The Labute approximate surface area is 126 Å². The Balaban J connectivity index is 2.23. The van der Waals surface area contributed by atoms with E-state index in [-0.39, 0.29) is 12.0 Å². The SMILES string of the molecule is Cc1cn([C@@H]2O[C@H](CCP(C)(C)=O)[C@@H](O)[C@H]2F)c(=O)[nH]c1=O. The number of hydrogen-bond acceptors (Lipinski definition) is 5. The van der Waals surface area contributed by atoms with E-state index in [1.807, 2.05) is 0 Å². The highest BCUT2D eigenvalue weighted by atomic mass is 31.2. The van der Waals surface area contributed by atoms with Gasteiger partial charge in [0.2, 0.25) is 0 Å². The van der Waals surface area contributed by atoms with Crippen molar-refractivity contribution in [3.05, 3.63) is 32.6 Å². The molecule has 2 rings (SSSR count). The van der Waals surface area contributed by atoms with Gasteiger partial charge in [-0.2, -0.15) is 0 Å². The monoisotopic (exact) mass is 334 g/mol. The molecule has 1 aromatic heterocycles. The van der Waals surface area contributed by atoms with E-state index in [1.54, 1.807) is 13.3 Å². The van der Waals surface area contributed by atoms with E-state index in [0.717, 1.165) is 4.57 Å². The Kier molecular flexibility index (Phi) is 4.75. The third kappa shape index (κ3) is 3.56. The maximum Gasteiger partial charge on any atom is 0.330 e. The number of rotatable bonds is 4. The Bertz CT molecular complexity index is 709. The van der Waals surface area contributed by atoms with E-state index in [4.69, 9.17) is 4.74 Å².